The quantitative estimate of drug-likeness (QED) is 0.681. The van der Waals surface area contributed by atoms with Gasteiger partial charge in [0, 0.05) is 27.7 Å². The number of ether oxygens (including phenoxy) is 1. The Bertz CT molecular complexity index is 901. The average molecular weight is 335 g/mol. The van der Waals surface area contributed by atoms with Crippen LogP contribution < -0.4 is 11.2 Å². The first-order valence-corrected chi connectivity index (χ1v) is 7.93. The van der Waals surface area contributed by atoms with Gasteiger partial charge >= 0.3 is 11.7 Å². The van der Waals surface area contributed by atoms with Gasteiger partial charge < -0.3 is 9.30 Å². The van der Waals surface area contributed by atoms with Crippen LogP contribution in [0.15, 0.2) is 9.59 Å². The number of carbonyl (C=O) groups excluding carboxylic acids is 1. The van der Waals surface area contributed by atoms with E-state index >= 15 is 0 Å². The lowest BCUT2D eigenvalue weighted by Crippen LogP contribution is -2.37. The molecular weight excluding hydrogens is 314 g/mol. The maximum absolute atomic E-state index is 12.3. The summed E-state index contributed by atoms with van der Waals surface area (Å²) in [5.41, 5.74) is -0.595. The minimum Gasteiger partial charge on any atom is -0.458 e. The van der Waals surface area contributed by atoms with Crippen molar-refractivity contribution < 1.29 is 9.53 Å². The first kappa shape index (κ1) is 16.4. The molecule has 2 aromatic rings. The predicted molar refractivity (Wildman–Crippen MR) is 87.2 cm³/mol. The Balaban J connectivity index is 1.87. The van der Waals surface area contributed by atoms with E-state index in [1.807, 2.05) is 0 Å². The van der Waals surface area contributed by atoms with Gasteiger partial charge in [0.25, 0.3) is 5.56 Å². The lowest BCUT2D eigenvalue weighted by atomic mass is 10.4. The monoisotopic (exact) mass is 335 g/mol. The van der Waals surface area contributed by atoms with Crippen LogP contribution in [0.25, 0.3) is 11.2 Å². The van der Waals surface area contributed by atoms with Crippen molar-refractivity contribution in [3.63, 3.8) is 0 Å². The summed E-state index contributed by atoms with van der Waals surface area (Å²) in [4.78, 5) is 42.9. The first-order chi connectivity index (χ1) is 11.4. The lowest BCUT2D eigenvalue weighted by Gasteiger charge is -2.13. The van der Waals surface area contributed by atoms with Crippen LogP contribution in [0.2, 0.25) is 0 Å². The fourth-order valence-electron chi connectivity index (χ4n) is 3.04. The van der Waals surface area contributed by atoms with Crippen LogP contribution in [-0.4, -0.2) is 55.8 Å². The Labute approximate surface area is 138 Å². The molecule has 1 aliphatic rings. The normalized spacial score (nSPS) is 15.3. The van der Waals surface area contributed by atoms with Crippen molar-refractivity contribution in [1.29, 1.82) is 0 Å². The van der Waals surface area contributed by atoms with Gasteiger partial charge in [0.15, 0.2) is 11.2 Å². The van der Waals surface area contributed by atoms with E-state index in [1.54, 1.807) is 7.05 Å². The van der Waals surface area contributed by atoms with Crippen molar-refractivity contribution in [2.75, 3.05) is 26.2 Å². The van der Waals surface area contributed by atoms with E-state index in [9.17, 15) is 14.4 Å². The van der Waals surface area contributed by atoms with E-state index in [0.717, 1.165) is 17.7 Å². The summed E-state index contributed by atoms with van der Waals surface area (Å²) in [7, 11) is 4.48. The number of carbonyl (C=O) groups is 1. The largest absolute Gasteiger partial charge is 0.458 e. The molecule has 0 bridgehead atoms. The number of fused-ring (bicyclic) bond motifs is 1. The molecule has 0 aliphatic carbocycles. The maximum atomic E-state index is 12.3. The number of nitrogens with zero attached hydrogens (tertiary/aromatic N) is 5. The molecule has 3 heterocycles. The Morgan fingerprint density at radius 2 is 1.75 bits per heavy atom. The minimum absolute atomic E-state index is 0.0183. The smallest absolute Gasteiger partial charge is 0.374 e. The zero-order valence-corrected chi connectivity index (χ0v) is 14.1. The molecule has 0 amide bonds. The summed E-state index contributed by atoms with van der Waals surface area (Å²) in [6.07, 6.45) is 2.35. The maximum Gasteiger partial charge on any atom is 0.374 e. The topological polar surface area (TPSA) is 91.4 Å². The van der Waals surface area contributed by atoms with Gasteiger partial charge in [-0.15, -0.1) is 0 Å². The number of hydrogen-bond acceptors (Lipinski definition) is 6. The molecule has 3 rings (SSSR count). The molecular formula is C15H21N5O4. The van der Waals surface area contributed by atoms with Gasteiger partial charge in [-0.2, -0.15) is 0 Å². The molecule has 0 radical (unpaired) electrons. The van der Waals surface area contributed by atoms with Gasteiger partial charge in [-0.05, 0) is 25.9 Å². The summed E-state index contributed by atoms with van der Waals surface area (Å²) in [6.45, 7) is 3.03. The summed E-state index contributed by atoms with van der Waals surface area (Å²) < 4.78 is 8.90. The highest BCUT2D eigenvalue weighted by atomic mass is 16.5. The number of esters is 1. The Morgan fingerprint density at radius 1 is 1.08 bits per heavy atom. The molecule has 9 heteroatoms. The zero-order valence-electron chi connectivity index (χ0n) is 14.1. The standard InChI is InChI=1S/C15H21N5O4/c1-17-10-11(18(2)15(23)19(3)13(10)21)16-12(17)14(22)24-9-8-20-6-4-5-7-20/h4-9H2,1-3H3. The van der Waals surface area contributed by atoms with E-state index in [1.165, 1.54) is 36.1 Å². The van der Waals surface area contributed by atoms with Crippen molar-refractivity contribution in [3.8, 4) is 0 Å². The molecule has 0 aromatic carbocycles. The van der Waals surface area contributed by atoms with Crippen LogP contribution in [0.1, 0.15) is 23.5 Å². The number of imidazole rings is 1. The third-order valence-electron chi connectivity index (χ3n) is 4.50. The molecule has 2 aromatic heterocycles. The highest BCUT2D eigenvalue weighted by molar-refractivity contribution is 5.90. The average Bonchev–Trinajstić information content (AvgIpc) is 3.18. The SMILES string of the molecule is Cn1c(=O)c2c(nc(C(=O)OCCN3CCCC3)n2C)n(C)c1=O. The van der Waals surface area contributed by atoms with Crippen molar-refractivity contribution in [3.05, 3.63) is 26.7 Å². The molecule has 0 spiro atoms. The van der Waals surface area contributed by atoms with Crippen molar-refractivity contribution in [2.45, 2.75) is 12.8 Å². The molecule has 0 N–H and O–H groups in total. The molecule has 0 unspecified atom stereocenters. The fourth-order valence-corrected chi connectivity index (χ4v) is 3.04. The van der Waals surface area contributed by atoms with Crippen LogP contribution in [0.5, 0.6) is 0 Å². The molecule has 1 aliphatic heterocycles. The third kappa shape index (κ3) is 2.64. The van der Waals surface area contributed by atoms with Gasteiger partial charge in [0.1, 0.15) is 6.61 Å². The summed E-state index contributed by atoms with van der Waals surface area (Å²) in [5.74, 6) is -0.577. The molecule has 130 valence electrons. The molecule has 1 fully saturated rings. The molecule has 0 atom stereocenters. The Morgan fingerprint density at radius 3 is 2.42 bits per heavy atom. The summed E-state index contributed by atoms with van der Waals surface area (Å²) >= 11 is 0. The number of hydrogen-bond donors (Lipinski definition) is 0. The van der Waals surface area contributed by atoms with Gasteiger partial charge in [0.05, 0.1) is 0 Å². The Kier molecular flexibility index (Phi) is 4.27. The first-order valence-electron chi connectivity index (χ1n) is 7.93. The Hall–Kier alpha value is -2.42. The van der Waals surface area contributed by atoms with Crippen molar-refractivity contribution in [2.24, 2.45) is 21.1 Å². The number of aryl methyl sites for hydroxylation is 2. The van der Waals surface area contributed by atoms with E-state index in [2.05, 4.69) is 9.88 Å². The fraction of sp³-hybridized carbons (Fsp3) is 0.600. The lowest BCUT2D eigenvalue weighted by molar-refractivity contribution is 0.0454. The second kappa shape index (κ2) is 6.23. The third-order valence-corrected chi connectivity index (χ3v) is 4.50. The van der Waals surface area contributed by atoms with Gasteiger partial charge in [-0.25, -0.2) is 14.6 Å². The highest BCUT2D eigenvalue weighted by Gasteiger charge is 2.22. The number of aromatic nitrogens is 4. The molecule has 0 saturated carbocycles. The number of rotatable bonds is 4. The van der Waals surface area contributed by atoms with Crippen LogP contribution in [0.4, 0.5) is 0 Å². The van der Waals surface area contributed by atoms with Gasteiger partial charge in [-0.1, -0.05) is 0 Å². The second-order valence-electron chi connectivity index (χ2n) is 6.06. The second-order valence-corrected chi connectivity index (χ2v) is 6.06. The van der Waals surface area contributed by atoms with Gasteiger partial charge in [-0.3, -0.25) is 18.8 Å². The van der Waals surface area contributed by atoms with Crippen LogP contribution >= 0.6 is 0 Å². The van der Waals surface area contributed by atoms with E-state index in [-0.39, 0.29) is 23.6 Å². The van der Waals surface area contributed by atoms with Gasteiger partial charge in [0.2, 0.25) is 5.82 Å². The molecule has 9 nitrogen and oxygen atoms in total. The summed E-state index contributed by atoms with van der Waals surface area (Å²) in [5, 5.41) is 0. The zero-order chi connectivity index (χ0) is 17.4. The minimum atomic E-state index is -0.595. The molecule has 1 saturated heterocycles. The van der Waals surface area contributed by atoms with Crippen LogP contribution in [0, 0.1) is 0 Å². The van der Waals surface area contributed by atoms with E-state index < -0.39 is 17.2 Å². The summed E-state index contributed by atoms with van der Waals surface area (Å²) in [6, 6.07) is 0. The van der Waals surface area contributed by atoms with E-state index in [0.29, 0.717) is 6.54 Å². The van der Waals surface area contributed by atoms with E-state index in [4.69, 9.17) is 4.74 Å². The predicted octanol–water partition coefficient (Wildman–Crippen LogP) is -0.777. The van der Waals surface area contributed by atoms with Crippen LogP contribution in [-0.2, 0) is 25.9 Å². The van der Waals surface area contributed by atoms with Crippen molar-refractivity contribution in [1.82, 2.24) is 23.6 Å². The number of likely N-dealkylation sites (tertiary alicyclic amines) is 1. The van der Waals surface area contributed by atoms with Crippen molar-refractivity contribution >= 4 is 17.1 Å². The van der Waals surface area contributed by atoms with Crippen LogP contribution in [0.3, 0.4) is 0 Å². The highest BCUT2D eigenvalue weighted by Crippen LogP contribution is 2.11. The molecule has 24 heavy (non-hydrogen) atoms.